The summed E-state index contributed by atoms with van der Waals surface area (Å²) in [6, 6.07) is 4.81. The highest BCUT2D eigenvalue weighted by atomic mass is 19.4. The van der Waals surface area contributed by atoms with Crippen molar-refractivity contribution in [3.05, 3.63) is 40.8 Å². The van der Waals surface area contributed by atoms with E-state index in [0.717, 1.165) is 5.56 Å². The first-order chi connectivity index (χ1) is 8.23. The van der Waals surface area contributed by atoms with Crippen molar-refractivity contribution in [2.24, 2.45) is 7.05 Å². The summed E-state index contributed by atoms with van der Waals surface area (Å²) >= 11 is 0. The third-order valence-electron chi connectivity index (χ3n) is 2.81. The molecule has 0 spiro atoms. The lowest BCUT2D eigenvalue weighted by molar-refractivity contribution is -0.0733. The van der Waals surface area contributed by atoms with Gasteiger partial charge in [-0.15, -0.1) is 0 Å². The van der Waals surface area contributed by atoms with Crippen molar-refractivity contribution in [2.45, 2.75) is 13.1 Å². The number of rotatable bonds is 1. The lowest BCUT2D eigenvalue weighted by Crippen LogP contribution is -2.27. The highest BCUT2D eigenvalue weighted by molar-refractivity contribution is 5.80. The topological polar surface area (TPSA) is 26.9 Å². The number of halogens is 3. The SMILES string of the molecule is C=C(n1c(=O)n(C)c2cc(C)ccc21)C(F)(F)F. The van der Waals surface area contributed by atoms with Crippen LogP contribution in [0.25, 0.3) is 16.7 Å². The molecule has 0 atom stereocenters. The smallest absolute Gasteiger partial charge is 0.295 e. The van der Waals surface area contributed by atoms with Crippen LogP contribution in [0.2, 0.25) is 0 Å². The van der Waals surface area contributed by atoms with E-state index in [0.29, 0.717) is 10.1 Å². The van der Waals surface area contributed by atoms with Gasteiger partial charge in [-0.3, -0.25) is 9.13 Å². The van der Waals surface area contributed by atoms with Crippen molar-refractivity contribution in [2.75, 3.05) is 0 Å². The van der Waals surface area contributed by atoms with Gasteiger partial charge >= 0.3 is 11.9 Å². The van der Waals surface area contributed by atoms with Crippen molar-refractivity contribution in [3.63, 3.8) is 0 Å². The van der Waals surface area contributed by atoms with E-state index in [1.54, 1.807) is 19.1 Å². The molecule has 0 unspecified atom stereocenters. The molecular formula is C12H11F3N2O. The maximum absolute atomic E-state index is 12.7. The molecule has 1 aromatic heterocycles. The van der Waals surface area contributed by atoms with Crippen LogP contribution in [0.3, 0.4) is 0 Å². The van der Waals surface area contributed by atoms with Crippen LogP contribution in [0.4, 0.5) is 13.2 Å². The number of hydrogen-bond acceptors (Lipinski definition) is 1. The van der Waals surface area contributed by atoms with Gasteiger partial charge in [0.25, 0.3) is 0 Å². The van der Waals surface area contributed by atoms with Crippen LogP contribution in [0.15, 0.2) is 29.6 Å². The summed E-state index contributed by atoms with van der Waals surface area (Å²) < 4.78 is 39.8. The number of fused-ring (bicyclic) bond motifs is 1. The van der Waals surface area contributed by atoms with Gasteiger partial charge in [0.2, 0.25) is 0 Å². The van der Waals surface area contributed by atoms with E-state index >= 15 is 0 Å². The third kappa shape index (κ3) is 1.73. The monoisotopic (exact) mass is 256 g/mol. The Morgan fingerprint density at radius 2 is 1.89 bits per heavy atom. The normalized spacial score (nSPS) is 12.1. The quantitative estimate of drug-likeness (QED) is 0.770. The van der Waals surface area contributed by atoms with Crippen molar-refractivity contribution < 1.29 is 13.2 Å². The van der Waals surface area contributed by atoms with Crippen LogP contribution in [0.5, 0.6) is 0 Å². The van der Waals surface area contributed by atoms with Crippen LogP contribution in [-0.4, -0.2) is 15.3 Å². The second-order valence-corrected chi connectivity index (χ2v) is 4.11. The Morgan fingerprint density at radius 1 is 1.28 bits per heavy atom. The number of hydrogen-bond donors (Lipinski definition) is 0. The number of nitrogens with zero attached hydrogens (tertiary/aromatic N) is 2. The zero-order chi connectivity index (χ0) is 13.7. The Hall–Kier alpha value is -1.98. The number of aromatic nitrogens is 2. The highest BCUT2D eigenvalue weighted by Crippen LogP contribution is 2.29. The van der Waals surface area contributed by atoms with E-state index in [-0.39, 0.29) is 5.52 Å². The van der Waals surface area contributed by atoms with Crippen LogP contribution < -0.4 is 5.69 Å². The van der Waals surface area contributed by atoms with Gasteiger partial charge in [0.05, 0.1) is 11.0 Å². The minimum atomic E-state index is -4.64. The van der Waals surface area contributed by atoms with Gasteiger partial charge in [0.15, 0.2) is 0 Å². The molecule has 0 saturated heterocycles. The van der Waals surface area contributed by atoms with Crippen LogP contribution >= 0.6 is 0 Å². The largest absolute Gasteiger partial charge is 0.431 e. The average Bonchev–Trinajstić information content (AvgIpc) is 2.50. The molecule has 0 radical (unpaired) electrons. The van der Waals surface area contributed by atoms with Crippen LogP contribution in [0.1, 0.15) is 5.56 Å². The molecule has 0 N–H and O–H groups in total. The van der Waals surface area contributed by atoms with E-state index < -0.39 is 17.6 Å². The summed E-state index contributed by atoms with van der Waals surface area (Å²) in [5, 5.41) is 0. The first-order valence-corrected chi connectivity index (χ1v) is 5.18. The average molecular weight is 256 g/mol. The van der Waals surface area contributed by atoms with E-state index in [2.05, 4.69) is 6.58 Å². The van der Waals surface area contributed by atoms with Gasteiger partial charge in [-0.25, -0.2) is 4.79 Å². The zero-order valence-electron chi connectivity index (χ0n) is 9.88. The summed E-state index contributed by atoms with van der Waals surface area (Å²) in [5.74, 6) is 0. The Bertz CT molecular complexity index is 692. The minimum Gasteiger partial charge on any atom is -0.295 e. The van der Waals surface area contributed by atoms with Crippen molar-refractivity contribution in [1.29, 1.82) is 0 Å². The number of benzene rings is 1. The fourth-order valence-electron chi connectivity index (χ4n) is 1.83. The Morgan fingerprint density at radius 3 is 2.44 bits per heavy atom. The summed E-state index contributed by atoms with van der Waals surface area (Å²) in [6.07, 6.45) is -4.64. The maximum atomic E-state index is 12.7. The number of allylic oxidation sites excluding steroid dienone is 1. The maximum Gasteiger partial charge on any atom is 0.431 e. The molecule has 3 nitrogen and oxygen atoms in total. The van der Waals surface area contributed by atoms with E-state index in [4.69, 9.17) is 0 Å². The van der Waals surface area contributed by atoms with Crippen molar-refractivity contribution >= 4 is 16.7 Å². The lowest BCUT2D eigenvalue weighted by Gasteiger charge is -2.10. The van der Waals surface area contributed by atoms with Gasteiger partial charge in [-0.1, -0.05) is 12.6 Å². The molecule has 0 aliphatic heterocycles. The summed E-state index contributed by atoms with van der Waals surface area (Å²) in [5.41, 5.74) is -0.409. The number of aryl methyl sites for hydroxylation is 2. The fourth-order valence-corrected chi connectivity index (χ4v) is 1.83. The Balaban J connectivity index is 2.85. The van der Waals surface area contributed by atoms with Gasteiger partial charge in [0.1, 0.15) is 5.70 Å². The number of alkyl halides is 3. The molecule has 1 aromatic carbocycles. The predicted molar refractivity (Wildman–Crippen MR) is 63.3 cm³/mol. The molecule has 2 aromatic rings. The Kier molecular flexibility index (Phi) is 2.61. The van der Waals surface area contributed by atoms with Crippen molar-refractivity contribution in [1.82, 2.24) is 9.13 Å². The third-order valence-corrected chi connectivity index (χ3v) is 2.81. The first kappa shape index (κ1) is 12.5. The van der Waals surface area contributed by atoms with Gasteiger partial charge in [-0.2, -0.15) is 13.2 Å². The molecule has 0 saturated carbocycles. The summed E-state index contributed by atoms with van der Waals surface area (Å²) in [4.78, 5) is 11.9. The second-order valence-electron chi connectivity index (χ2n) is 4.11. The molecule has 18 heavy (non-hydrogen) atoms. The van der Waals surface area contributed by atoms with E-state index in [9.17, 15) is 18.0 Å². The summed E-state index contributed by atoms with van der Waals surface area (Å²) in [7, 11) is 1.43. The van der Waals surface area contributed by atoms with Gasteiger partial charge in [0, 0.05) is 7.05 Å². The molecule has 0 bridgehead atoms. The fraction of sp³-hybridized carbons (Fsp3) is 0.250. The number of imidazole rings is 1. The molecule has 2 rings (SSSR count). The summed E-state index contributed by atoms with van der Waals surface area (Å²) in [6.45, 7) is 4.77. The molecule has 0 aliphatic carbocycles. The highest BCUT2D eigenvalue weighted by Gasteiger charge is 2.35. The standard InChI is InChI=1S/C12H11F3N2O/c1-7-4-5-9-10(6-7)16(3)11(18)17(9)8(2)12(13,14)15/h4-6H,2H2,1,3H3. The first-order valence-electron chi connectivity index (χ1n) is 5.18. The second kappa shape index (κ2) is 3.76. The van der Waals surface area contributed by atoms with Crippen molar-refractivity contribution in [3.8, 4) is 0 Å². The zero-order valence-corrected chi connectivity index (χ0v) is 9.88. The molecule has 96 valence electrons. The lowest BCUT2D eigenvalue weighted by atomic mass is 10.2. The molecular weight excluding hydrogens is 245 g/mol. The minimum absolute atomic E-state index is 0.204. The molecule has 6 heteroatoms. The molecule has 0 amide bonds. The van der Waals surface area contributed by atoms with Gasteiger partial charge < -0.3 is 0 Å². The molecule has 0 aliphatic rings. The predicted octanol–water partition coefficient (Wildman–Crippen LogP) is 2.68. The van der Waals surface area contributed by atoms with E-state index in [1.807, 2.05) is 0 Å². The molecule has 0 fully saturated rings. The van der Waals surface area contributed by atoms with E-state index in [1.165, 1.54) is 17.7 Å². The van der Waals surface area contributed by atoms with Crippen LogP contribution in [0, 0.1) is 6.92 Å². The van der Waals surface area contributed by atoms with Gasteiger partial charge in [-0.05, 0) is 24.6 Å². The van der Waals surface area contributed by atoms with Crippen LogP contribution in [-0.2, 0) is 7.05 Å². The Labute approximate surface area is 101 Å². The molecule has 1 heterocycles.